The summed E-state index contributed by atoms with van der Waals surface area (Å²) in [5.41, 5.74) is 27.8. The Kier molecular flexibility index (Phi) is 27.3. The van der Waals surface area contributed by atoms with Crippen LogP contribution in [0.2, 0.25) is 0 Å². The molecule has 2 rings (SSSR count). The third-order valence-electron chi connectivity index (χ3n) is 11.9. The maximum Gasteiger partial charge on any atom is 0.326 e. The molecule has 0 aromatic heterocycles. The number of hydrogen-bond acceptors (Lipinski definition) is 14. The Morgan fingerprint density at radius 3 is 1.60 bits per heavy atom. The SMILES string of the molecule is CC(C)C[C@H](NC(=O)[C@H](CCCN=C(N)N)NC(=O)[C@@H]1CCCN1C(=O)[C@@H](NC(=O)[C@H](Cc1ccc(O)cc1)NC(=O)[C@H](CCCN=C(N)N)NC(=O)[C@H](CO)NC(=O)[C@H](CC(C)C)NC(=O)CN)C(C)C)C(=O)O. The first-order chi connectivity index (χ1) is 35.3. The molecule has 0 unspecified atom stereocenters. The van der Waals surface area contributed by atoms with Crippen LogP contribution in [0, 0.1) is 17.8 Å². The smallest absolute Gasteiger partial charge is 0.326 e. The summed E-state index contributed by atoms with van der Waals surface area (Å²) in [5.74, 6) is -8.83. The van der Waals surface area contributed by atoms with Crippen LogP contribution in [0.25, 0.3) is 0 Å². The lowest BCUT2D eigenvalue weighted by Gasteiger charge is -2.32. The second-order valence-corrected chi connectivity index (χ2v) is 19.6. The fourth-order valence-corrected chi connectivity index (χ4v) is 8.07. The van der Waals surface area contributed by atoms with Gasteiger partial charge in [-0.3, -0.25) is 48.3 Å². The number of likely N-dealkylation sites (tertiary alicyclic amines) is 1. The number of aliphatic imine (C=N–C) groups is 2. The zero-order valence-electron chi connectivity index (χ0n) is 43.8. The Morgan fingerprint density at radius 2 is 1.11 bits per heavy atom. The first-order valence-electron chi connectivity index (χ1n) is 25.1. The minimum atomic E-state index is -1.61. The molecule has 27 nitrogen and oxygen atoms in total. The van der Waals surface area contributed by atoms with Gasteiger partial charge in [0.1, 0.15) is 54.1 Å². The number of amides is 8. The van der Waals surface area contributed by atoms with Crippen LogP contribution in [0.15, 0.2) is 34.3 Å². The number of carboxylic acids is 1. The van der Waals surface area contributed by atoms with Gasteiger partial charge in [0.05, 0.1) is 13.2 Å². The molecule has 75 heavy (non-hydrogen) atoms. The number of nitrogens with one attached hydrogen (secondary N) is 7. The highest BCUT2D eigenvalue weighted by Gasteiger charge is 2.41. The number of aromatic hydroxyl groups is 1. The first-order valence-corrected chi connectivity index (χ1v) is 25.1. The van der Waals surface area contributed by atoms with E-state index in [1.165, 1.54) is 29.2 Å². The van der Waals surface area contributed by atoms with Crippen LogP contribution in [0.1, 0.15) is 98.5 Å². The van der Waals surface area contributed by atoms with E-state index in [-0.39, 0.29) is 101 Å². The number of phenols is 1. The molecule has 0 radical (unpaired) electrons. The summed E-state index contributed by atoms with van der Waals surface area (Å²) in [6, 6.07) is -4.76. The Labute approximate surface area is 437 Å². The molecule has 27 heteroatoms. The van der Waals surface area contributed by atoms with Crippen molar-refractivity contribution in [3.8, 4) is 5.75 Å². The minimum absolute atomic E-state index is 0.0105. The summed E-state index contributed by atoms with van der Waals surface area (Å²) < 4.78 is 0. The van der Waals surface area contributed by atoms with Crippen molar-refractivity contribution in [1.82, 2.24) is 42.1 Å². The number of carbonyl (C=O) groups is 9. The maximum absolute atomic E-state index is 14.5. The van der Waals surface area contributed by atoms with Crippen LogP contribution in [0.4, 0.5) is 0 Å². The van der Waals surface area contributed by atoms with Gasteiger partial charge in [-0.2, -0.15) is 0 Å². The molecule has 20 N–H and O–H groups in total. The van der Waals surface area contributed by atoms with E-state index in [0.29, 0.717) is 12.0 Å². The van der Waals surface area contributed by atoms with Crippen LogP contribution in [0.5, 0.6) is 5.75 Å². The Morgan fingerprint density at radius 1 is 0.640 bits per heavy atom. The number of rotatable bonds is 32. The van der Waals surface area contributed by atoms with Gasteiger partial charge in [0.2, 0.25) is 47.3 Å². The predicted octanol–water partition coefficient (Wildman–Crippen LogP) is -3.79. The number of benzene rings is 1. The molecule has 0 aliphatic carbocycles. The molecule has 1 aliphatic rings. The van der Waals surface area contributed by atoms with E-state index in [1.54, 1.807) is 41.5 Å². The van der Waals surface area contributed by atoms with Crippen LogP contribution >= 0.6 is 0 Å². The van der Waals surface area contributed by atoms with Gasteiger partial charge < -0.3 is 86.1 Å². The number of aliphatic hydroxyl groups is 1. The van der Waals surface area contributed by atoms with Crippen molar-refractivity contribution in [2.75, 3.05) is 32.8 Å². The zero-order chi connectivity index (χ0) is 56.5. The van der Waals surface area contributed by atoms with Crippen molar-refractivity contribution in [2.45, 2.75) is 148 Å². The lowest BCUT2D eigenvalue weighted by molar-refractivity contribution is -0.144. The topological polar surface area (TPSA) is 457 Å². The third-order valence-corrected chi connectivity index (χ3v) is 11.9. The van der Waals surface area contributed by atoms with Crippen molar-refractivity contribution in [3.05, 3.63) is 29.8 Å². The van der Waals surface area contributed by atoms with Gasteiger partial charge in [0.25, 0.3) is 0 Å². The lowest BCUT2D eigenvalue weighted by atomic mass is 9.99. The number of guanidine groups is 2. The van der Waals surface area contributed by atoms with Crippen LogP contribution in [-0.2, 0) is 49.6 Å². The van der Waals surface area contributed by atoms with E-state index in [0.717, 1.165) is 0 Å². The fraction of sp³-hybridized carbons (Fsp3) is 0.646. The Balaban J connectivity index is 2.47. The molecule has 8 amide bonds. The number of aliphatic carboxylic acids is 1. The van der Waals surface area contributed by atoms with Gasteiger partial charge in [0, 0.05) is 26.1 Å². The Hall–Kier alpha value is -7.29. The molecular weight excluding hydrogens is 979 g/mol. The normalized spacial score (nSPS) is 16.0. The van der Waals surface area contributed by atoms with Crippen LogP contribution < -0.4 is 65.9 Å². The molecule has 0 saturated carbocycles. The molecule has 1 aliphatic heterocycles. The van der Waals surface area contributed by atoms with E-state index >= 15 is 0 Å². The molecule has 0 bridgehead atoms. The van der Waals surface area contributed by atoms with Crippen molar-refractivity contribution in [3.63, 3.8) is 0 Å². The molecule has 1 aromatic carbocycles. The minimum Gasteiger partial charge on any atom is -0.508 e. The predicted molar refractivity (Wildman–Crippen MR) is 277 cm³/mol. The quantitative estimate of drug-likeness (QED) is 0.0187. The summed E-state index contributed by atoms with van der Waals surface area (Å²) >= 11 is 0. The molecule has 420 valence electrons. The molecule has 8 atom stereocenters. The fourth-order valence-electron chi connectivity index (χ4n) is 8.07. The number of nitrogens with zero attached hydrogens (tertiary/aromatic N) is 3. The van der Waals surface area contributed by atoms with Gasteiger partial charge >= 0.3 is 5.97 Å². The summed E-state index contributed by atoms with van der Waals surface area (Å²) in [4.78, 5) is 131. The highest BCUT2D eigenvalue weighted by atomic mass is 16.4. The van der Waals surface area contributed by atoms with Gasteiger partial charge in [0.15, 0.2) is 11.9 Å². The molecule has 1 fully saturated rings. The number of aliphatic hydroxyl groups excluding tert-OH is 1. The summed E-state index contributed by atoms with van der Waals surface area (Å²) in [6.45, 7) is 9.39. The number of carboxylic acid groups (broad SMARTS) is 1. The second kappa shape index (κ2) is 32.1. The number of nitrogens with two attached hydrogens (primary N) is 5. The summed E-state index contributed by atoms with van der Waals surface area (Å²) in [7, 11) is 0. The van der Waals surface area contributed by atoms with Gasteiger partial charge in [-0.15, -0.1) is 0 Å². The van der Waals surface area contributed by atoms with Gasteiger partial charge in [-0.1, -0.05) is 53.7 Å². The van der Waals surface area contributed by atoms with Crippen molar-refractivity contribution < 1.29 is 58.5 Å². The highest BCUT2D eigenvalue weighted by molar-refractivity contribution is 5.98. The van der Waals surface area contributed by atoms with E-state index in [2.05, 4.69) is 47.2 Å². The average Bonchev–Trinajstić information content (AvgIpc) is 3.83. The second-order valence-electron chi connectivity index (χ2n) is 19.6. The standard InChI is InChI=1S/C48H81N15O12/c1-25(2)20-32(56-37(66)23-49)41(69)61-35(24-64)43(71)57-30(10-7-17-54-47(50)51)39(67)59-33(22-28-13-15-29(65)16-14-28)42(70)62-38(27(5)6)45(73)63-19-9-12-36(63)44(72)58-31(11-8-18-55-48(52)53)40(68)60-34(46(74)75)21-26(3)4/h13-16,25-27,30-36,38,64-65H,7-12,17-24,49H2,1-6H3,(H,56,66)(H,57,71)(H,58,72)(H,59,67)(H,60,68)(H,61,69)(H,62,70)(H,74,75)(H4,50,51,54)(H4,52,53,55)/t30-,31-,32-,33-,34-,35-,36-,38-/m0/s1. The van der Waals surface area contributed by atoms with Crippen molar-refractivity contribution >= 4 is 65.1 Å². The van der Waals surface area contributed by atoms with Gasteiger partial charge in [-0.05, 0) is 86.8 Å². The first kappa shape index (κ1) is 63.8. The van der Waals surface area contributed by atoms with E-state index in [4.69, 9.17) is 28.7 Å². The molecular formula is C48H81N15O12. The summed E-state index contributed by atoms with van der Waals surface area (Å²) in [6.07, 6.45) is 0.855. The maximum atomic E-state index is 14.5. The Bertz CT molecular complexity index is 2150. The van der Waals surface area contributed by atoms with Gasteiger partial charge in [-0.25, -0.2) is 4.79 Å². The third kappa shape index (κ3) is 22.8. The molecule has 0 spiro atoms. The highest BCUT2D eigenvalue weighted by Crippen LogP contribution is 2.22. The number of hydrogen-bond donors (Lipinski definition) is 15. The molecule has 1 saturated heterocycles. The lowest BCUT2D eigenvalue weighted by Crippen LogP contribution is -2.61. The number of phenolic OH excluding ortho intramolecular Hbond substituents is 1. The van der Waals surface area contributed by atoms with Crippen LogP contribution in [-0.4, -0.2) is 166 Å². The molecule has 1 heterocycles. The van der Waals surface area contributed by atoms with Crippen molar-refractivity contribution in [1.29, 1.82) is 0 Å². The number of carbonyl (C=O) groups excluding carboxylic acids is 8. The van der Waals surface area contributed by atoms with E-state index in [1.807, 2.05) is 0 Å². The van der Waals surface area contributed by atoms with E-state index in [9.17, 15) is 58.5 Å². The zero-order valence-corrected chi connectivity index (χ0v) is 43.8. The molecule has 1 aromatic rings. The monoisotopic (exact) mass is 1060 g/mol. The average molecular weight is 1060 g/mol. The van der Waals surface area contributed by atoms with Crippen molar-refractivity contribution in [2.24, 2.45) is 56.4 Å². The largest absolute Gasteiger partial charge is 0.508 e. The summed E-state index contributed by atoms with van der Waals surface area (Å²) in [5, 5.41) is 48.1. The van der Waals surface area contributed by atoms with E-state index < -0.39 is 121 Å². The van der Waals surface area contributed by atoms with Crippen LogP contribution in [0.3, 0.4) is 0 Å².